The fourth-order valence-electron chi connectivity index (χ4n) is 1.96. The minimum absolute atomic E-state index is 0.00966. The van der Waals surface area contributed by atoms with E-state index in [4.69, 9.17) is 18.0 Å². The minimum atomic E-state index is -3.42. The van der Waals surface area contributed by atoms with Gasteiger partial charge < -0.3 is 5.73 Å². The first-order valence-corrected chi connectivity index (χ1v) is 8.20. The SMILES string of the molecule is CC(C(N)=S)N1CCN(S(=O)(=O)NC(C)(C)C)CC1. The van der Waals surface area contributed by atoms with Crippen molar-refractivity contribution in [3.05, 3.63) is 0 Å². The molecule has 1 saturated heterocycles. The molecular weight excluding hydrogens is 284 g/mol. The van der Waals surface area contributed by atoms with E-state index in [1.807, 2.05) is 27.7 Å². The van der Waals surface area contributed by atoms with E-state index in [-0.39, 0.29) is 6.04 Å². The third-order valence-electron chi connectivity index (χ3n) is 3.01. The van der Waals surface area contributed by atoms with E-state index in [2.05, 4.69) is 9.62 Å². The molecule has 0 spiro atoms. The number of nitrogens with one attached hydrogen (secondary N) is 1. The fraction of sp³-hybridized carbons (Fsp3) is 0.909. The second-order valence-electron chi connectivity index (χ2n) is 5.87. The molecule has 1 rings (SSSR count). The Morgan fingerprint density at radius 2 is 1.74 bits per heavy atom. The Labute approximate surface area is 121 Å². The lowest BCUT2D eigenvalue weighted by atomic mass is 10.1. The lowest BCUT2D eigenvalue weighted by Gasteiger charge is -2.37. The highest BCUT2D eigenvalue weighted by atomic mass is 32.2. The number of nitrogens with zero attached hydrogens (tertiary/aromatic N) is 2. The zero-order chi connectivity index (χ0) is 14.8. The van der Waals surface area contributed by atoms with Gasteiger partial charge in [0.15, 0.2) is 0 Å². The molecule has 0 amide bonds. The van der Waals surface area contributed by atoms with Crippen molar-refractivity contribution in [1.82, 2.24) is 13.9 Å². The first kappa shape index (κ1) is 16.8. The monoisotopic (exact) mass is 308 g/mol. The summed E-state index contributed by atoms with van der Waals surface area (Å²) in [4.78, 5) is 2.55. The average Bonchev–Trinajstić information content (AvgIpc) is 2.25. The predicted octanol–water partition coefficient (Wildman–Crippen LogP) is -0.0885. The molecule has 0 aliphatic carbocycles. The van der Waals surface area contributed by atoms with E-state index in [1.165, 1.54) is 4.31 Å². The topological polar surface area (TPSA) is 78.7 Å². The normalized spacial score (nSPS) is 21.3. The number of nitrogens with two attached hydrogens (primary N) is 1. The molecule has 0 aromatic carbocycles. The smallest absolute Gasteiger partial charge is 0.280 e. The third kappa shape index (κ3) is 4.96. The summed E-state index contributed by atoms with van der Waals surface area (Å²) in [5, 5.41) is 0. The zero-order valence-electron chi connectivity index (χ0n) is 12.0. The van der Waals surface area contributed by atoms with Gasteiger partial charge in [0.1, 0.15) is 0 Å². The molecule has 8 heteroatoms. The molecule has 0 bridgehead atoms. The Bertz CT molecular complexity index is 422. The Hall–Kier alpha value is -0.280. The van der Waals surface area contributed by atoms with Gasteiger partial charge in [-0.1, -0.05) is 12.2 Å². The summed E-state index contributed by atoms with van der Waals surface area (Å²) in [7, 11) is -3.42. The molecule has 1 aliphatic heterocycles. The van der Waals surface area contributed by atoms with Crippen molar-refractivity contribution < 1.29 is 8.42 Å². The molecule has 1 fully saturated rings. The van der Waals surface area contributed by atoms with Crippen LogP contribution in [0.5, 0.6) is 0 Å². The number of thiocarbonyl (C=S) groups is 1. The largest absolute Gasteiger partial charge is 0.392 e. The van der Waals surface area contributed by atoms with Crippen molar-refractivity contribution in [1.29, 1.82) is 0 Å². The van der Waals surface area contributed by atoms with Crippen LogP contribution in [0.2, 0.25) is 0 Å². The second kappa shape index (κ2) is 6.01. The van der Waals surface area contributed by atoms with Crippen LogP contribution in [0.25, 0.3) is 0 Å². The number of piperazine rings is 1. The van der Waals surface area contributed by atoms with E-state index in [9.17, 15) is 8.42 Å². The molecule has 1 heterocycles. The molecule has 1 unspecified atom stereocenters. The summed E-state index contributed by atoms with van der Waals surface area (Å²) in [6, 6.07) is 0.00966. The summed E-state index contributed by atoms with van der Waals surface area (Å²) in [5.41, 5.74) is 5.15. The van der Waals surface area contributed by atoms with Crippen LogP contribution in [-0.2, 0) is 10.2 Å². The fourth-order valence-corrected chi connectivity index (χ4v) is 3.66. The third-order valence-corrected chi connectivity index (χ3v) is 5.26. The van der Waals surface area contributed by atoms with Crippen LogP contribution in [0.3, 0.4) is 0 Å². The first-order chi connectivity index (χ1) is 8.53. The van der Waals surface area contributed by atoms with E-state index < -0.39 is 15.7 Å². The van der Waals surface area contributed by atoms with E-state index in [1.54, 1.807) is 0 Å². The van der Waals surface area contributed by atoms with Crippen LogP contribution in [0.4, 0.5) is 0 Å². The molecule has 3 N–H and O–H groups in total. The molecule has 0 aromatic heterocycles. The first-order valence-electron chi connectivity index (χ1n) is 6.35. The quantitative estimate of drug-likeness (QED) is 0.710. The minimum Gasteiger partial charge on any atom is -0.392 e. The Kier molecular flexibility index (Phi) is 5.30. The highest BCUT2D eigenvalue weighted by molar-refractivity contribution is 7.87. The van der Waals surface area contributed by atoms with E-state index in [0.717, 1.165) is 0 Å². The molecule has 0 radical (unpaired) electrons. The summed E-state index contributed by atoms with van der Waals surface area (Å²) in [5.74, 6) is 0. The standard InChI is InChI=1S/C11H24N4O2S2/c1-9(10(12)18)14-5-7-15(8-6-14)19(16,17)13-11(2,3)4/h9,13H,5-8H2,1-4H3,(H2,12,18). The highest BCUT2D eigenvalue weighted by Crippen LogP contribution is 2.12. The molecule has 0 saturated carbocycles. The maximum atomic E-state index is 12.2. The van der Waals surface area contributed by atoms with E-state index >= 15 is 0 Å². The van der Waals surface area contributed by atoms with Gasteiger partial charge in [-0.2, -0.15) is 17.4 Å². The molecule has 19 heavy (non-hydrogen) atoms. The van der Waals surface area contributed by atoms with Gasteiger partial charge in [-0.25, -0.2) is 0 Å². The molecule has 112 valence electrons. The van der Waals surface area contributed by atoms with Crippen molar-refractivity contribution >= 4 is 27.4 Å². The molecule has 1 aliphatic rings. The van der Waals surface area contributed by atoms with E-state index in [0.29, 0.717) is 31.2 Å². The summed E-state index contributed by atoms with van der Waals surface area (Å²) < 4.78 is 28.4. The Balaban J connectivity index is 2.61. The van der Waals surface area contributed by atoms with Crippen molar-refractivity contribution in [2.24, 2.45) is 5.73 Å². The zero-order valence-corrected chi connectivity index (χ0v) is 13.6. The summed E-state index contributed by atoms with van der Waals surface area (Å²) in [6.45, 7) is 9.63. The van der Waals surface area contributed by atoms with Crippen molar-refractivity contribution in [3.8, 4) is 0 Å². The Morgan fingerprint density at radius 3 is 2.11 bits per heavy atom. The molecule has 1 atom stereocenters. The molecule has 0 aromatic rings. The lowest BCUT2D eigenvalue weighted by molar-refractivity contribution is 0.173. The van der Waals surface area contributed by atoms with Gasteiger partial charge in [0.05, 0.1) is 11.0 Å². The summed E-state index contributed by atoms with van der Waals surface area (Å²) in [6.07, 6.45) is 0. The van der Waals surface area contributed by atoms with Gasteiger partial charge in [0.25, 0.3) is 10.2 Å². The van der Waals surface area contributed by atoms with Crippen LogP contribution in [-0.4, -0.2) is 60.4 Å². The number of rotatable bonds is 4. The van der Waals surface area contributed by atoms with Crippen molar-refractivity contribution in [2.45, 2.75) is 39.3 Å². The van der Waals surface area contributed by atoms with Crippen LogP contribution < -0.4 is 10.5 Å². The van der Waals surface area contributed by atoms with Crippen molar-refractivity contribution in [2.75, 3.05) is 26.2 Å². The van der Waals surface area contributed by atoms with Crippen LogP contribution in [0, 0.1) is 0 Å². The Morgan fingerprint density at radius 1 is 1.26 bits per heavy atom. The maximum Gasteiger partial charge on any atom is 0.280 e. The second-order valence-corrected chi connectivity index (χ2v) is 8.01. The highest BCUT2D eigenvalue weighted by Gasteiger charge is 2.31. The van der Waals surface area contributed by atoms with Gasteiger partial charge in [0, 0.05) is 31.7 Å². The van der Waals surface area contributed by atoms with Gasteiger partial charge in [-0.3, -0.25) is 4.90 Å². The summed E-state index contributed by atoms with van der Waals surface area (Å²) >= 11 is 4.97. The van der Waals surface area contributed by atoms with Gasteiger partial charge in [-0.05, 0) is 27.7 Å². The van der Waals surface area contributed by atoms with Gasteiger partial charge in [0.2, 0.25) is 0 Å². The molecular formula is C11H24N4O2S2. The predicted molar refractivity (Wildman–Crippen MR) is 81.2 cm³/mol. The van der Waals surface area contributed by atoms with Crippen LogP contribution >= 0.6 is 12.2 Å². The number of hydrogen-bond donors (Lipinski definition) is 2. The average molecular weight is 308 g/mol. The molecule has 6 nitrogen and oxygen atoms in total. The van der Waals surface area contributed by atoms with Gasteiger partial charge >= 0.3 is 0 Å². The maximum absolute atomic E-state index is 12.2. The number of hydrogen-bond acceptors (Lipinski definition) is 4. The van der Waals surface area contributed by atoms with Crippen LogP contribution in [0.1, 0.15) is 27.7 Å². The van der Waals surface area contributed by atoms with Gasteiger partial charge in [-0.15, -0.1) is 0 Å². The van der Waals surface area contributed by atoms with Crippen molar-refractivity contribution in [3.63, 3.8) is 0 Å². The lowest BCUT2D eigenvalue weighted by Crippen LogP contribution is -2.57. The van der Waals surface area contributed by atoms with Crippen LogP contribution in [0.15, 0.2) is 0 Å².